The van der Waals surface area contributed by atoms with Gasteiger partial charge < -0.3 is 4.90 Å². The molecule has 2 aromatic carbocycles. The third-order valence-electron chi connectivity index (χ3n) is 4.39. The molecule has 28 heavy (non-hydrogen) atoms. The number of amidine groups is 1. The summed E-state index contributed by atoms with van der Waals surface area (Å²) in [6, 6.07) is 16.1. The largest absolute Gasteiger partial charge is 0.335 e. The molecule has 0 saturated carbocycles. The van der Waals surface area contributed by atoms with E-state index in [2.05, 4.69) is 57.0 Å². The average Bonchev–Trinajstić information content (AvgIpc) is 3.20. The van der Waals surface area contributed by atoms with Gasteiger partial charge in [-0.15, -0.1) is 0 Å². The molecule has 0 spiro atoms. The normalized spacial score (nSPS) is 20.7. The Morgan fingerprint density at radius 3 is 2.57 bits per heavy atom. The van der Waals surface area contributed by atoms with E-state index in [1.807, 2.05) is 36.4 Å². The van der Waals surface area contributed by atoms with Gasteiger partial charge in [0.05, 0.1) is 21.3 Å². The molecule has 0 radical (unpaired) electrons. The van der Waals surface area contributed by atoms with E-state index >= 15 is 0 Å². The van der Waals surface area contributed by atoms with Gasteiger partial charge in [0, 0.05) is 23.0 Å². The van der Waals surface area contributed by atoms with Crippen LogP contribution in [0.4, 0.5) is 11.4 Å². The van der Waals surface area contributed by atoms with Gasteiger partial charge in [-0.2, -0.15) is 0 Å². The van der Waals surface area contributed by atoms with Crippen molar-refractivity contribution in [3.63, 3.8) is 0 Å². The van der Waals surface area contributed by atoms with Crippen LogP contribution in [0.2, 0.25) is 0 Å². The number of para-hydroxylation sites is 1. The van der Waals surface area contributed by atoms with E-state index in [1.165, 1.54) is 22.3 Å². The van der Waals surface area contributed by atoms with Crippen molar-refractivity contribution in [3.8, 4) is 0 Å². The fraction of sp³-hybridized carbons (Fsp3) is 0.143. The van der Waals surface area contributed by atoms with Gasteiger partial charge in [-0.05, 0) is 67.2 Å². The summed E-state index contributed by atoms with van der Waals surface area (Å²) in [6.45, 7) is 3.02. The number of thioether (sulfide) groups is 2. The van der Waals surface area contributed by atoms with Crippen LogP contribution < -0.4 is 4.90 Å². The number of aliphatic imine (C=N–C) groups is 1. The van der Waals surface area contributed by atoms with Crippen molar-refractivity contribution in [2.75, 3.05) is 18.5 Å². The summed E-state index contributed by atoms with van der Waals surface area (Å²) in [7, 11) is 1.76. The van der Waals surface area contributed by atoms with Crippen molar-refractivity contribution in [1.29, 1.82) is 0 Å². The number of allylic oxidation sites excluding steroid dienone is 2. The van der Waals surface area contributed by atoms with Crippen LogP contribution in [0.15, 0.2) is 85.0 Å². The summed E-state index contributed by atoms with van der Waals surface area (Å²) < 4.78 is 1.00. The molecule has 1 amide bonds. The Hall–Kier alpha value is -1.96. The highest BCUT2D eigenvalue weighted by Gasteiger charge is 2.30. The molecule has 4 nitrogen and oxygen atoms in total. The van der Waals surface area contributed by atoms with Crippen molar-refractivity contribution < 1.29 is 4.79 Å². The summed E-state index contributed by atoms with van der Waals surface area (Å²) in [5, 5.41) is 1.82. The number of carbonyl (C=O) groups is 1. The fourth-order valence-corrected chi connectivity index (χ4v) is 5.26. The molecule has 2 aromatic rings. The predicted molar refractivity (Wildman–Crippen MR) is 123 cm³/mol. The summed E-state index contributed by atoms with van der Waals surface area (Å²) in [5.74, 6) is -0.0266. The number of amides is 1. The molecule has 1 fully saturated rings. The summed E-state index contributed by atoms with van der Waals surface area (Å²) in [4.78, 5) is 23.0. The molecule has 0 atom stereocenters. The van der Waals surface area contributed by atoms with Crippen LogP contribution in [0.1, 0.15) is 6.92 Å². The molecular weight excluding hydrogens is 454 g/mol. The first-order valence-corrected chi connectivity index (χ1v) is 11.3. The molecule has 142 valence electrons. The van der Waals surface area contributed by atoms with Gasteiger partial charge >= 0.3 is 0 Å². The number of fused-ring (bicyclic) bond motifs is 1. The highest BCUT2D eigenvalue weighted by atomic mass is 79.9. The highest BCUT2D eigenvalue weighted by Crippen LogP contribution is 2.45. The number of rotatable bonds is 3. The second-order valence-electron chi connectivity index (χ2n) is 6.19. The molecule has 2 aliphatic heterocycles. The van der Waals surface area contributed by atoms with E-state index in [4.69, 9.17) is 0 Å². The van der Waals surface area contributed by atoms with Crippen LogP contribution in [-0.4, -0.2) is 29.6 Å². The Morgan fingerprint density at radius 1 is 1.07 bits per heavy atom. The minimum Gasteiger partial charge on any atom is -0.335 e. The number of halogens is 1. The van der Waals surface area contributed by atoms with Crippen LogP contribution in [0, 0.1) is 0 Å². The van der Waals surface area contributed by atoms with Crippen LogP contribution in [-0.2, 0) is 4.79 Å². The lowest BCUT2D eigenvalue weighted by Crippen LogP contribution is -2.23. The number of carbonyl (C=O) groups excluding carboxylic acids is 1. The second-order valence-corrected chi connectivity index (χ2v) is 9.17. The topological polar surface area (TPSA) is 35.9 Å². The second kappa shape index (κ2) is 8.19. The smallest absolute Gasteiger partial charge is 0.266 e. The number of likely N-dealkylation sites (N-methyl/N-ethyl adjacent to an activating group) is 1. The number of anilines is 1. The first-order valence-electron chi connectivity index (χ1n) is 8.83. The van der Waals surface area contributed by atoms with Crippen LogP contribution in [0.25, 0.3) is 0 Å². The maximum Gasteiger partial charge on any atom is 0.266 e. The Kier molecular flexibility index (Phi) is 5.66. The first kappa shape index (κ1) is 19.4. The molecule has 7 heteroatoms. The van der Waals surface area contributed by atoms with E-state index < -0.39 is 0 Å². The van der Waals surface area contributed by atoms with E-state index in [-0.39, 0.29) is 5.91 Å². The van der Waals surface area contributed by atoms with E-state index in [9.17, 15) is 4.79 Å². The third kappa shape index (κ3) is 3.79. The Morgan fingerprint density at radius 2 is 1.82 bits per heavy atom. The fourth-order valence-electron chi connectivity index (χ4n) is 2.94. The molecule has 0 aliphatic carbocycles. The molecular formula is C21H18BrN3OS2. The van der Waals surface area contributed by atoms with Gasteiger partial charge in [-0.1, -0.05) is 39.8 Å². The van der Waals surface area contributed by atoms with E-state index in [1.54, 1.807) is 23.7 Å². The number of benzene rings is 2. The van der Waals surface area contributed by atoms with Crippen molar-refractivity contribution in [1.82, 2.24) is 4.90 Å². The summed E-state index contributed by atoms with van der Waals surface area (Å²) in [6.07, 6.45) is 3.94. The zero-order chi connectivity index (χ0) is 19.7. The van der Waals surface area contributed by atoms with Crippen LogP contribution in [0.3, 0.4) is 0 Å². The number of nitrogens with zero attached hydrogens (tertiary/aromatic N) is 3. The molecule has 0 aromatic heterocycles. The highest BCUT2D eigenvalue weighted by molar-refractivity contribution is 9.10. The SMILES string of the molecule is CCN1/C(=C\C=C2/SC(=Nc3ccc(Br)cc3)N(C)C2=O)Sc2ccccc21. The van der Waals surface area contributed by atoms with Crippen LogP contribution in [0.5, 0.6) is 0 Å². The molecule has 2 heterocycles. The van der Waals surface area contributed by atoms with Gasteiger partial charge in [0.25, 0.3) is 5.91 Å². The zero-order valence-electron chi connectivity index (χ0n) is 15.4. The van der Waals surface area contributed by atoms with E-state index in [0.717, 1.165) is 21.7 Å². The zero-order valence-corrected chi connectivity index (χ0v) is 18.6. The average molecular weight is 472 g/mol. The Labute approximate surface area is 181 Å². The minimum atomic E-state index is -0.0266. The predicted octanol–water partition coefficient (Wildman–Crippen LogP) is 6.00. The quantitative estimate of drug-likeness (QED) is 0.514. The van der Waals surface area contributed by atoms with Crippen molar-refractivity contribution in [2.24, 2.45) is 4.99 Å². The molecule has 4 rings (SSSR count). The first-order chi connectivity index (χ1) is 13.6. The molecule has 0 bridgehead atoms. The number of hydrogen-bond donors (Lipinski definition) is 0. The third-order valence-corrected chi connectivity index (χ3v) is 7.12. The van der Waals surface area contributed by atoms with Crippen LogP contribution >= 0.6 is 39.5 Å². The molecule has 0 N–H and O–H groups in total. The van der Waals surface area contributed by atoms with Gasteiger partial charge in [-0.3, -0.25) is 9.69 Å². The van der Waals surface area contributed by atoms with Gasteiger partial charge in [0.1, 0.15) is 0 Å². The standard InChI is InChI=1S/C21H18BrN3OS2/c1-3-25-16-6-4-5-7-17(16)27-19(25)13-12-18-20(26)24(2)21(28-18)23-15-10-8-14(22)9-11-15/h4-13H,3H2,1-2H3/b18-12-,19-13+,23-21?. The lowest BCUT2D eigenvalue weighted by Gasteiger charge is -2.17. The maximum atomic E-state index is 12.6. The minimum absolute atomic E-state index is 0.0266. The Bertz CT molecular complexity index is 1010. The monoisotopic (exact) mass is 471 g/mol. The van der Waals surface area contributed by atoms with E-state index in [0.29, 0.717) is 10.1 Å². The van der Waals surface area contributed by atoms with Gasteiger partial charge in [-0.25, -0.2) is 4.99 Å². The van der Waals surface area contributed by atoms with Gasteiger partial charge in [0.15, 0.2) is 5.17 Å². The lowest BCUT2D eigenvalue weighted by molar-refractivity contribution is -0.121. The molecule has 1 saturated heterocycles. The number of hydrogen-bond acceptors (Lipinski definition) is 5. The Balaban J connectivity index is 1.58. The van der Waals surface area contributed by atoms with Gasteiger partial charge in [0.2, 0.25) is 0 Å². The molecule has 2 aliphatic rings. The maximum absolute atomic E-state index is 12.6. The summed E-state index contributed by atoms with van der Waals surface area (Å²) in [5.41, 5.74) is 2.04. The van der Waals surface area contributed by atoms with Crippen molar-refractivity contribution >= 4 is 61.9 Å². The van der Waals surface area contributed by atoms with Crippen molar-refractivity contribution in [2.45, 2.75) is 11.8 Å². The lowest BCUT2D eigenvalue weighted by atomic mass is 10.3. The van der Waals surface area contributed by atoms with Crippen molar-refractivity contribution in [3.05, 3.63) is 75.1 Å². The summed E-state index contributed by atoms with van der Waals surface area (Å²) >= 11 is 6.56. The molecule has 0 unspecified atom stereocenters.